The molecule has 0 saturated heterocycles. The number of nitro benzene ring substituents is 1. The van der Waals surface area contributed by atoms with Crippen LogP contribution >= 0.6 is 0 Å². The molecule has 0 fully saturated rings. The first-order chi connectivity index (χ1) is 11.5. The highest BCUT2D eigenvalue weighted by molar-refractivity contribution is 6.08. The van der Waals surface area contributed by atoms with Gasteiger partial charge in [0.15, 0.2) is 0 Å². The molecule has 0 aliphatic carbocycles. The van der Waals surface area contributed by atoms with Crippen LogP contribution < -0.4 is 10.2 Å². The number of carbonyl (C=O) groups excluding carboxylic acids is 1. The molecule has 0 aliphatic heterocycles. The summed E-state index contributed by atoms with van der Waals surface area (Å²) in [5.74, 6) is -0.355. The van der Waals surface area contributed by atoms with E-state index in [4.69, 9.17) is 0 Å². The zero-order chi connectivity index (χ0) is 17.7. The van der Waals surface area contributed by atoms with Crippen LogP contribution in [-0.4, -0.2) is 23.9 Å². The second kappa shape index (κ2) is 7.59. The van der Waals surface area contributed by atoms with Gasteiger partial charge in [-0.1, -0.05) is 12.1 Å². The van der Waals surface area contributed by atoms with Gasteiger partial charge in [0.25, 0.3) is 11.6 Å². The summed E-state index contributed by atoms with van der Waals surface area (Å²) in [5, 5.41) is 13.9. The van der Waals surface area contributed by atoms with Crippen molar-refractivity contribution in [1.29, 1.82) is 0 Å². The molecule has 6 nitrogen and oxygen atoms in total. The summed E-state index contributed by atoms with van der Waals surface area (Å²) in [5.41, 5.74) is 2.58. The second-order valence-corrected chi connectivity index (χ2v) is 5.45. The molecular weight excluding hydrogens is 306 g/mol. The molecular formula is C18H21N3O3. The number of benzene rings is 2. The molecule has 0 aromatic heterocycles. The van der Waals surface area contributed by atoms with Crippen LogP contribution in [0.4, 0.5) is 17.1 Å². The minimum absolute atomic E-state index is 0.0969. The molecule has 1 amide bonds. The van der Waals surface area contributed by atoms with Crippen LogP contribution in [0.3, 0.4) is 0 Å². The Kier molecular flexibility index (Phi) is 5.52. The smallest absolute Gasteiger partial charge is 0.270 e. The lowest BCUT2D eigenvalue weighted by molar-refractivity contribution is -0.384. The van der Waals surface area contributed by atoms with E-state index in [1.54, 1.807) is 12.1 Å². The number of hydrogen-bond acceptors (Lipinski definition) is 4. The third-order valence-corrected chi connectivity index (χ3v) is 3.82. The monoisotopic (exact) mass is 327 g/mol. The number of nitrogens with one attached hydrogen (secondary N) is 1. The number of nitro groups is 1. The van der Waals surface area contributed by atoms with E-state index in [0.717, 1.165) is 5.56 Å². The lowest BCUT2D eigenvalue weighted by Gasteiger charge is -2.23. The van der Waals surface area contributed by atoms with Crippen LogP contribution in [0.2, 0.25) is 0 Å². The summed E-state index contributed by atoms with van der Waals surface area (Å²) >= 11 is 0. The molecule has 24 heavy (non-hydrogen) atoms. The summed E-state index contributed by atoms with van der Waals surface area (Å²) in [6, 6.07) is 11.8. The maximum atomic E-state index is 12.7. The Morgan fingerprint density at radius 1 is 1.17 bits per heavy atom. The largest absolute Gasteiger partial charge is 0.371 e. The molecule has 1 N–H and O–H groups in total. The van der Waals surface area contributed by atoms with E-state index in [1.165, 1.54) is 12.1 Å². The van der Waals surface area contributed by atoms with Crippen molar-refractivity contribution in [3.05, 3.63) is 63.7 Å². The van der Waals surface area contributed by atoms with Gasteiger partial charge in [-0.25, -0.2) is 0 Å². The molecule has 0 heterocycles. The van der Waals surface area contributed by atoms with Gasteiger partial charge in [-0.3, -0.25) is 14.9 Å². The van der Waals surface area contributed by atoms with Crippen LogP contribution in [0.25, 0.3) is 0 Å². The maximum Gasteiger partial charge on any atom is 0.270 e. The fourth-order valence-electron chi connectivity index (χ4n) is 2.58. The van der Waals surface area contributed by atoms with Gasteiger partial charge in [-0.15, -0.1) is 0 Å². The lowest BCUT2D eigenvalue weighted by atomic mass is 10.1. The average Bonchev–Trinajstić information content (AvgIpc) is 2.56. The second-order valence-electron chi connectivity index (χ2n) is 5.45. The van der Waals surface area contributed by atoms with Gasteiger partial charge < -0.3 is 10.2 Å². The summed E-state index contributed by atoms with van der Waals surface area (Å²) in [4.78, 5) is 25.3. The molecule has 2 aromatic carbocycles. The van der Waals surface area contributed by atoms with Crippen molar-refractivity contribution in [2.75, 3.05) is 23.3 Å². The number of rotatable bonds is 6. The number of aryl methyl sites for hydroxylation is 1. The van der Waals surface area contributed by atoms with Crippen molar-refractivity contribution < 1.29 is 9.72 Å². The minimum Gasteiger partial charge on any atom is -0.371 e. The Bertz CT molecular complexity index is 755. The van der Waals surface area contributed by atoms with E-state index < -0.39 is 4.92 Å². The number of hydrogen-bond donors (Lipinski definition) is 1. The average molecular weight is 327 g/mol. The summed E-state index contributed by atoms with van der Waals surface area (Å²) < 4.78 is 0. The molecule has 0 bridgehead atoms. The van der Waals surface area contributed by atoms with E-state index in [0.29, 0.717) is 30.0 Å². The van der Waals surface area contributed by atoms with Gasteiger partial charge in [0.1, 0.15) is 0 Å². The quantitative estimate of drug-likeness (QED) is 0.642. The first-order valence-electron chi connectivity index (χ1n) is 7.87. The fourth-order valence-corrected chi connectivity index (χ4v) is 2.58. The molecule has 0 aliphatic rings. The minimum atomic E-state index is -0.491. The molecule has 2 rings (SSSR count). The number of nitrogens with zero attached hydrogens (tertiary/aromatic N) is 2. The molecule has 126 valence electrons. The highest BCUT2D eigenvalue weighted by Gasteiger charge is 2.19. The molecule has 0 radical (unpaired) electrons. The van der Waals surface area contributed by atoms with Crippen molar-refractivity contribution in [1.82, 2.24) is 0 Å². The van der Waals surface area contributed by atoms with Crippen LogP contribution in [0, 0.1) is 17.0 Å². The van der Waals surface area contributed by atoms with Gasteiger partial charge >= 0.3 is 0 Å². The fraction of sp³-hybridized carbons (Fsp3) is 0.278. The van der Waals surface area contributed by atoms with Crippen molar-refractivity contribution in [3.63, 3.8) is 0 Å². The first kappa shape index (κ1) is 17.5. The Morgan fingerprint density at radius 3 is 2.46 bits per heavy atom. The molecule has 6 heteroatoms. The molecule has 0 atom stereocenters. The Hall–Kier alpha value is -2.89. The molecule has 0 saturated carbocycles. The van der Waals surface area contributed by atoms with E-state index in [2.05, 4.69) is 5.32 Å². The van der Waals surface area contributed by atoms with Crippen molar-refractivity contribution in [2.24, 2.45) is 0 Å². The standard InChI is InChI=1S/C18H21N3O3/c1-4-20(5-2)17-10-9-15(21(23)24)12-16(17)18(22)19-14-8-6-7-13(3)11-14/h6-12H,4-5H2,1-3H3,(H,19,22). The van der Waals surface area contributed by atoms with Crippen molar-refractivity contribution >= 4 is 23.0 Å². The number of non-ortho nitro benzene ring substituents is 1. The Labute approximate surface area is 141 Å². The maximum absolute atomic E-state index is 12.7. The summed E-state index contributed by atoms with van der Waals surface area (Å²) in [6.07, 6.45) is 0. The van der Waals surface area contributed by atoms with Gasteiger partial charge in [0, 0.05) is 30.9 Å². The van der Waals surface area contributed by atoms with Gasteiger partial charge in [0.2, 0.25) is 0 Å². The van der Waals surface area contributed by atoms with E-state index in [-0.39, 0.29) is 11.6 Å². The molecule has 0 unspecified atom stereocenters. The van der Waals surface area contributed by atoms with E-state index in [1.807, 2.05) is 43.9 Å². The van der Waals surface area contributed by atoms with Crippen molar-refractivity contribution in [3.8, 4) is 0 Å². The van der Waals surface area contributed by atoms with Gasteiger partial charge in [-0.05, 0) is 44.5 Å². The topological polar surface area (TPSA) is 75.5 Å². The number of carbonyl (C=O) groups is 1. The van der Waals surface area contributed by atoms with Crippen molar-refractivity contribution in [2.45, 2.75) is 20.8 Å². The van der Waals surface area contributed by atoms with Crippen LogP contribution in [0.5, 0.6) is 0 Å². The zero-order valence-corrected chi connectivity index (χ0v) is 14.1. The Balaban J connectivity index is 2.42. The highest BCUT2D eigenvalue weighted by Crippen LogP contribution is 2.26. The van der Waals surface area contributed by atoms with Crippen LogP contribution in [0.1, 0.15) is 29.8 Å². The summed E-state index contributed by atoms with van der Waals surface area (Å²) in [7, 11) is 0. The predicted octanol–water partition coefficient (Wildman–Crippen LogP) is 4.00. The Morgan fingerprint density at radius 2 is 1.88 bits per heavy atom. The van der Waals surface area contributed by atoms with Gasteiger partial charge in [-0.2, -0.15) is 0 Å². The summed E-state index contributed by atoms with van der Waals surface area (Å²) in [6.45, 7) is 7.31. The number of amides is 1. The lowest BCUT2D eigenvalue weighted by Crippen LogP contribution is -2.25. The first-order valence-corrected chi connectivity index (χ1v) is 7.87. The normalized spacial score (nSPS) is 10.3. The van der Waals surface area contributed by atoms with E-state index in [9.17, 15) is 14.9 Å². The third-order valence-electron chi connectivity index (χ3n) is 3.82. The SMILES string of the molecule is CCN(CC)c1ccc([N+](=O)[O-])cc1C(=O)Nc1cccc(C)c1. The van der Waals surface area contributed by atoms with E-state index >= 15 is 0 Å². The third kappa shape index (κ3) is 3.90. The molecule has 2 aromatic rings. The highest BCUT2D eigenvalue weighted by atomic mass is 16.6. The van der Waals surface area contributed by atoms with Gasteiger partial charge in [0.05, 0.1) is 16.2 Å². The zero-order valence-electron chi connectivity index (χ0n) is 14.1. The van der Waals surface area contributed by atoms with Crippen LogP contribution in [0.15, 0.2) is 42.5 Å². The predicted molar refractivity (Wildman–Crippen MR) is 95.8 cm³/mol. The molecule has 0 spiro atoms. The number of anilines is 2. The van der Waals surface area contributed by atoms with Crippen LogP contribution in [-0.2, 0) is 0 Å².